The van der Waals surface area contributed by atoms with Crippen molar-refractivity contribution < 1.29 is 13.2 Å². The highest BCUT2D eigenvalue weighted by atomic mass is 19.1. The number of halogens is 3. The van der Waals surface area contributed by atoms with E-state index in [9.17, 15) is 18.0 Å². The van der Waals surface area contributed by atoms with E-state index in [0.29, 0.717) is 33.9 Å². The first kappa shape index (κ1) is 16.2. The number of aromatic nitrogens is 2. The van der Waals surface area contributed by atoms with Crippen molar-refractivity contribution in [3.05, 3.63) is 70.4 Å². The third-order valence-electron chi connectivity index (χ3n) is 3.99. The quantitative estimate of drug-likeness (QED) is 0.431. The first-order valence-corrected chi connectivity index (χ1v) is 7.56. The summed E-state index contributed by atoms with van der Waals surface area (Å²) < 4.78 is 41.1. The summed E-state index contributed by atoms with van der Waals surface area (Å²) in [5.41, 5.74) is -0.104. The zero-order valence-electron chi connectivity index (χ0n) is 13.1. The van der Waals surface area contributed by atoms with Crippen molar-refractivity contribution in [3.8, 4) is 0 Å². The topological polar surface area (TPSA) is 57.8 Å². The molecule has 2 aromatic heterocycles. The lowest BCUT2D eigenvalue weighted by Gasteiger charge is -2.13. The van der Waals surface area contributed by atoms with Crippen molar-refractivity contribution in [2.24, 2.45) is 0 Å². The number of H-pyrrole nitrogens is 1. The minimum atomic E-state index is -1.11. The first-order chi connectivity index (χ1) is 12.4. The van der Waals surface area contributed by atoms with E-state index in [1.54, 1.807) is 24.3 Å². The summed E-state index contributed by atoms with van der Waals surface area (Å²) in [5.74, 6) is -3.19. The summed E-state index contributed by atoms with van der Waals surface area (Å²) in [4.78, 5) is 19.2. The molecule has 0 fully saturated rings. The fourth-order valence-electron chi connectivity index (χ4n) is 2.85. The van der Waals surface area contributed by atoms with Crippen LogP contribution in [0, 0.1) is 17.5 Å². The summed E-state index contributed by atoms with van der Waals surface area (Å²) in [5, 5.41) is 3.66. The predicted octanol–water partition coefficient (Wildman–Crippen LogP) is 3.03. The van der Waals surface area contributed by atoms with E-state index >= 15 is 0 Å². The number of benzene rings is 2. The van der Waals surface area contributed by atoms with Crippen molar-refractivity contribution in [1.29, 1.82) is 0 Å². The Morgan fingerprint density at radius 2 is 1.73 bits per heavy atom. The lowest BCUT2D eigenvalue weighted by molar-refractivity contribution is 0.549. The molecule has 0 aliphatic carbocycles. The number of nitrogens with zero attached hydrogens (tertiary/aromatic N) is 1. The predicted molar refractivity (Wildman–Crippen MR) is 94.9 cm³/mol. The van der Waals surface area contributed by atoms with E-state index in [2.05, 4.69) is 15.3 Å². The Morgan fingerprint density at radius 3 is 2.46 bits per heavy atom. The van der Waals surface area contributed by atoms with Crippen LogP contribution in [0.25, 0.3) is 21.7 Å². The summed E-state index contributed by atoms with van der Waals surface area (Å²) in [6, 6.07) is 7.46. The molecule has 4 aromatic rings. The van der Waals surface area contributed by atoms with Crippen LogP contribution in [0.4, 0.5) is 24.7 Å². The van der Waals surface area contributed by atoms with Crippen molar-refractivity contribution in [3.63, 3.8) is 0 Å². The normalized spacial score (nSPS) is 11.2. The number of aromatic amines is 1. The van der Waals surface area contributed by atoms with Gasteiger partial charge in [0.2, 0.25) is 0 Å². The van der Waals surface area contributed by atoms with Crippen molar-refractivity contribution in [1.82, 2.24) is 9.97 Å². The molecule has 0 spiro atoms. The Kier molecular flexibility index (Phi) is 3.68. The van der Waals surface area contributed by atoms with Gasteiger partial charge in [-0.3, -0.25) is 4.79 Å². The highest BCUT2D eigenvalue weighted by Gasteiger charge is 2.16. The molecule has 0 aliphatic rings. The van der Waals surface area contributed by atoms with Gasteiger partial charge in [-0.2, -0.15) is 0 Å². The van der Waals surface area contributed by atoms with Gasteiger partial charge in [0, 0.05) is 29.1 Å². The van der Waals surface area contributed by atoms with Gasteiger partial charge in [-0.1, -0.05) is 17.6 Å². The molecule has 0 unspecified atom stereocenters. The number of rotatable bonds is 2. The lowest BCUT2D eigenvalue weighted by atomic mass is 9.93. The van der Waals surface area contributed by atoms with E-state index in [0.717, 1.165) is 0 Å². The molecule has 2 heterocycles. The molecule has 0 saturated carbocycles. The van der Waals surface area contributed by atoms with Crippen molar-refractivity contribution >= 4 is 46.5 Å². The molecule has 2 N–H and O–H groups in total. The molecule has 0 amide bonds. The highest BCUT2D eigenvalue weighted by molar-refractivity contribution is 6.33. The maximum absolute atomic E-state index is 14.0. The zero-order valence-corrected chi connectivity index (χ0v) is 13.1. The summed E-state index contributed by atoms with van der Waals surface area (Å²) in [7, 11) is 5.79. The van der Waals surface area contributed by atoms with Crippen LogP contribution in [0.5, 0.6) is 0 Å². The van der Waals surface area contributed by atoms with Gasteiger partial charge in [-0.25, -0.2) is 18.2 Å². The average Bonchev–Trinajstić information content (AvgIpc) is 2.58. The number of hydrogen-bond acceptors (Lipinski definition) is 3. The lowest BCUT2D eigenvalue weighted by Crippen LogP contribution is -2.10. The number of fused-ring (bicyclic) bond motifs is 3. The van der Waals surface area contributed by atoms with E-state index < -0.39 is 28.7 Å². The largest absolute Gasteiger partial charge is 0.335 e. The van der Waals surface area contributed by atoms with Crippen LogP contribution in [0.1, 0.15) is 0 Å². The number of pyridine rings is 2. The molecule has 126 valence electrons. The summed E-state index contributed by atoms with van der Waals surface area (Å²) in [6.45, 7) is 0. The first-order valence-electron chi connectivity index (χ1n) is 7.56. The second-order valence-electron chi connectivity index (χ2n) is 5.70. The Hall–Kier alpha value is -3.29. The van der Waals surface area contributed by atoms with Gasteiger partial charge in [0.05, 0.1) is 10.9 Å². The molecule has 2 radical (unpaired) electrons. The highest BCUT2D eigenvalue weighted by Crippen LogP contribution is 2.30. The standard InChI is InChI=1S/C18H9BF3N3O/c19-8-1-2-14-11(5-8)15-10(3-4-23-18(15)26)17(24-14)25-16-12(21)6-9(20)7-13(16)22/h1-7H,(H,23,26)(H,24,25). The smallest absolute Gasteiger partial charge is 0.256 e. The van der Waals surface area contributed by atoms with Crippen LogP contribution in [0.3, 0.4) is 0 Å². The number of hydrogen-bond donors (Lipinski definition) is 2. The van der Waals surface area contributed by atoms with Gasteiger partial charge in [0.1, 0.15) is 25.2 Å². The third-order valence-corrected chi connectivity index (χ3v) is 3.99. The Balaban J connectivity index is 2.03. The minimum Gasteiger partial charge on any atom is -0.335 e. The molecule has 0 aliphatic heterocycles. The van der Waals surface area contributed by atoms with Crippen LogP contribution >= 0.6 is 0 Å². The minimum absolute atomic E-state index is 0.0628. The molecule has 2 aromatic carbocycles. The van der Waals surface area contributed by atoms with Gasteiger partial charge in [0.15, 0.2) is 11.6 Å². The molecule has 0 atom stereocenters. The molecule has 8 heteroatoms. The Bertz CT molecular complexity index is 1220. The summed E-state index contributed by atoms with van der Waals surface area (Å²) in [6.07, 6.45) is 1.40. The number of anilines is 2. The second-order valence-corrected chi connectivity index (χ2v) is 5.70. The second kappa shape index (κ2) is 5.91. The maximum atomic E-state index is 14.0. The third kappa shape index (κ3) is 2.59. The van der Waals surface area contributed by atoms with Gasteiger partial charge in [-0.15, -0.1) is 0 Å². The molecule has 4 rings (SSSR count). The molecule has 26 heavy (non-hydrogen) atoms. The molecular weight excluding hydrogens is 342 g/mol. The average molecular weight is 351 g/mol. The molecule has 4 nitrogen and oxygen atoms in total. The van der Waals surface area contributed by atoms with E-state index in [1.165, 1.54) is 6.20 Å². The van der Waals surface area contributed by atoms with Gasteiger partial charge in [-0.05, 0) is 12.1 Å². The number of nitrogens with one attached hydrogen (secondary N) is 2. The van der Waals surface area contributed by atoms with Crippen molar-refractivity contribution in [2.75, 3.05) is 5.32 Å². The SMILES string of the molecule is [B]c1ccc2nc(Nc3c(F)cc(F)cc3F)c3cc[nH]c(=O)c3c2c1. The molecule has 0 saturated heterocycles. The van der Waals surface area contributed by atoms with Gasteiger partial charge >= 0.3 is 0 Å². The summed E-state index contributed by atoms with van der Waals surface area (Å²) >= 11 is 0. The van der Waals surface area contributed by atoms with Crippen molar-refractivity contribution in [2.45, 2.75) is 0 Å². The van der Waals surface area contributed by atoms with Gasteiger partial charge in [0.25, 0.3) is 5.56 Å². The molecule has 0 bridgehead atoms. The zero-order chi connectivity index (χ0) is 18.4. The van der Waals surface area contributed by atoms with E-state index in [-0.39, 0.29) is 11.2 Å². The van der Waals surface area contributed by atoms with Gasteiger partial charge < -0.3 is 10.3 Å². The Labute approximate surface area is 146 Å². The monoisotopic (exact) mass is 351 g/mol. The fraction of sp³-hybridized carbons (Fsp3) is 0. The van der Waals surface area contributed by atoms with Crippen LogP contribution in [0.15, 0.2) is 47.4 Å². The Morgan fingerprint density at radius 1 is 1.00 bits per heavy atom. The van der Waals surface area contributed by atoms with Crippen LogP contribution < -0.4 is 16.3 Å². The van der Waals surface area contributed by atoms with Crippen LogP contribution in [-0.4, -0.2) is 17.8 Å². The maximum Gasteiger partial charge on any atom is 0.256 e. The van der Waals surface area contributed by atoms with Crippen LogP contribution in [-0.2, 0) is 0 Å². The van der Waals surface area contributed by atoms with E-state index in [1.807, 2.05) is 0 Å². The molecular formula is C18H9BF3N3O. The fourth-order valence-corrected chi connectivity index (χ4v) is 2.85. The van der Waals surface area contributed by atoms with Crippen LogP contribution in [0.2, 0.25) is 0 Å². The van der Waals surface area contributed by atoms with E-state index in [4.69, 9.17) is 7.85 Å².